The molecule has 0 bridgehead atoms. The number of benzene rings is 2. The summed E-state index contributed by atoms with van der Waals surface area (Å²) in [6, 6.07) is 9.47. The predicted octanol–water partition coefficient (Wildman–Crippen LogP) is 2.94. The van der Waals surface area contributed by atoms with Crippen LogP contribution in [0.15, 0.2) is 47.3 Å². The van der Waals surface area contributed by atoms with E-state index in [0.717, 1.165) is 18.6 Å². The second-order valence-electron chi connectivity index (χ2n) is 6.40. The van der Waals surface area contributed by atoms with Gasteiger partial charge in [0.05, 0.1) is 17.6 Å². The number of hydrogen-bond donors (Lipinski definition) is 3. The highest BCUT2D eigenvalue weighted by atomic mass is 19.1. The Morgan fingerprint density at radius 2 is 1.79 bits per heavy atom. The monoisotopic (exact) mass is 382 g/mol. The smallest absolute Gasteiger partial charge is 0.251 e. The first-order valence-corrected chi connectivity index (χ1v) is 8.85. The van der Waals surface area contributed by atoms with Crippen LogP contribution in [0.5, 0.6) is 5.75 Å². The molecule has 0 aliphatic heterocycles. The van der Waals surface area contributed by atoms with Gasteiger partial charge in [0.1, 0.15) is 5.82 Å². The number of ketones is 1. The van der Waals surface area contributed by atoms with E-state index in [0.29, 0.717) is 17.6 Å². The Labute approximate surface area is 160 Å². The first-order valence-electron chi connectivity index (χ1n) is 8.85. The fourth-order valence-electron chi connectivity index (χ4n) is 2.84. The summed E-state index contributed by atoms with van der Waals surface area (Å²) in [7, 11) is 0. The van der Waals surface area contributed by atoms with Crippen LogP contribution in [0.4, 0.5) is 4.39 Å². The Morgan fingerprint density at radius 1 is 1.11 bits per heavy atom. The number of fused-ring (bicyclic) bond motifs is 1. The quantitative estimate of drug-likeness (QED) is 0.571. The molecule has 7 heteroatoms. The van der Waals surface area contributed by atoms with E-state index in [9.17, 15) is 23.9 Å². The van der Waals surface area contributed by atoms with E-state index in [1.54, 1.807) is 0 Å². The number of Topliss-reactive ketones (excluding diaryl/α,β-unsaturated/α-hetero) is 1. The third-order valence-electron chi connectivity index (χ3n) is 4.35. The lowest BCUT2D eigenvalue weighted by Crippen LogP contribution is -2.24. The summed E-state index contributed by atoms with van der Waals surface area (Å²) in [5.41, 5.74) is 0.371. The zero-order chi connectivity index (χ0) is 20.3. The Bertz CT molecular complexity index is 1100. The van der Waals surface area contributed by atoms with Crippen molar-refractivity contribution in [3.8, 4) is 5.75 Å². The molecule has 0 saturated heterocycles. The summed E-state index contributed by atoms with van der Waals surface area (Å²) >= 11 is 0. The molecule has 0 radical (unpaired) electrons. The molecule has 0 aliphatic carbocycles. The molecule has 3 aromatic rings. The number of rotatable bonds is 6. The predicted molar refractivity (Wildman–Crippen MR) is 103 cm³/mol. The third-order valence-corrected chi connectivity index (χ3v) is 4.35. The van der Waals surface area contributed by atoms with Crippen molar-refractivity contribution in [1.82, 2.24) is 10.3 Å². The number of carbonyl (C=O) groups excluding carboxylic acids is 2. The standard InChI is InChI=1S/C21H19FN2O4/c1-2-9-23-21(28)13-5-8-15-16(10-13)24-17(20(27)19(15)26)11-18(25)12-3-6-14(22)7-4-12/h3-8,10,27H,2,9,11H2,1H3,(H,23,28)(H,24,26). The van der Waals surface area contributed by atoms with Crippen molar-refractivity contribution in [2.24, 2.45) is 0 Å². The molecule has 0 saturated carbocycles. The van der Waals surface area contributed by atoms with Crippen LogP contribution >= 0.6 is 0 Å². The van der Waals surface area contributed by atoms with Crippen molar-refractivity contribution in [3.05, 3.63) is 75.3 Å². The van der Waals surface area contributed by atoms with E-state index in [2.05, 4.69) is 10.3 Å². The zero-order valence-corrected chi connectivity index (χ0v) is 15.2. The number of aromatic amines is 1. The number of amides is 1. The second kappa shape index (κ2) is 8.04. The van der Waals surface area contributed by atoms with Crippen LogP contribution < -0.4 is 10.7 Å². The molecule has 144 valence electrons. The minimum Gasteiger partial charge on any atom is -0.503 e. The number of nitrogens with one attached hydrogen (secondary N) is 2. The van der Waals surface area contributed by atoms with Gasteiger partial charge in [0, 0.05) is 23.1 Å². The van der Waals surface area contributed by atoms with Gasteiger partial charge in [0.25, 0.3) is 5.91 Å². The van der Waals surface area contributed by atoms with E-state index in [4.69, 9.17) is 0 Å². The molecule has 28 heavy (non-hydrogen) atoms. The van der Waals surface area contributed by atoms with E-state index >= 15 is 0 Å². The Hall–Kier alpha value is -3.48. The summed E-state index contributed by atoms with van der Waals surface area (Å²) in [4.78, 5) is 39.8. The lowest BCUT2D eigenvalue weighted by atomic mass is 10.0. The molecular weight excluding hydrogens is 363 g/mol. The normalized spacial score (nSPS) is 10.8. The maximum atomic E-state index is 13.0. The number of pyridine rings is 1. The van der Waals surface area contributed by atoms with Crippen LogP contribution in [0.2, 0.25) is 0 Å². The van der Waals surface area contributed by atoms with Crippen molar-refractivity contribution < 1.29 is 19.1 Å². The topological polar surface area (TPSA) is 99.3 Å². The first kappa shape index (κ1) is 19.3. The first-order chi connectivity index (χ1) is 13.4. The molecule has 0 atom stereocenters. The fraction of sp³-hybridized carbons (Fsp3) is 0.190. The molecule has 0 aliphatic rings. The van der Waals surface area contributed by atoms with Crippen LogP contribution in [0.25, 0.3) is 10.9 Å². The molecule has 6 nitrogen and oxygen atoms in total. The van der Waals surface area contributed by atoms with Crippen molar-refractivity contribution in [2.45, 2.75) is 19.8 Å². The number of hydrogen-bond acceptors (Lipinski definition) is 4. The molecule has 0 unspecified atom stereocenters. The Morgan fingerprint density at radius 3 is 2.46 bits per heavy atom. The minimum absolute atomic E-state index is 0.0398. The highest BCUT2D eigenvalue weighted by Crippen LogP contribution is 2.19. The van der Waals surface area contributed by atoms with Gasteiger partial charge in [-0.2, -0.15) is 0 Å². The maximum Gasteiger partial charge on any atom is 0.251 e. The van der Waals surface area contributed by atoms with Gasteiger partial charge in [0.2, 0.25) is 5.43 Å². The molecular formula is C21H19FN2O4. The fourth-order valence-corrected chi connectivity index (χ4v) is 2.84. The van der Waals surface area contributed by atoms with Gasteiger partial charge in [-0.05, 0) is 48.9 Å². The second-order valence-corrected chi connectivity index (χ2v) is 6.40. The van der Waals surface area contributed by atoms with Crippen LogP contribution in [0.3, 0.4) is 0 Å². The van der Waals surface area contributed by atoms with E-state index in [-0.39, 0.29) is 34.8 Å². The van der Waals surface area contributed by atoms with Gasteiger partial charge in [-0.15, -0.1) is 0 Å². The lowest BCUT2D eigenvalue weighted by Gasteiger charge is -2.09. The van der Waals surface area contributed by atoms with Crippen LogP contribution in [-0.4, -0.2) is 28.3 Å². The van der Waals surface area contributed by atoms with E-state index < -0.39 is 17.0 Å². The number of aromatic nitrogens is 1. The molecule has 0 spiro atoms. The Kier molecular flexibility index (Phi) is 5.54. The number of halogens is 1. The molecule has 2 aromatic carbocycles. The molecule has 1 heterocycles. The number of aromatic hydroxyl groups is 1. The summed E-state index contributed by atoms with van der Waals surface area (Å²) < 4.78 is 13.0. The van der Waals surface area contributed by atoms with Gasteiger partial charge in [0.15, 0.2) is 11.5 Å². The van der Waals surface area contributed by atoms with Gasteiger partial charge >= 0.3 is 0 Å². The van der Waals surface area contributed by atoms with Crippen LogP contribution in [0.1, 0.15) is 39.8 Å². The largest absolute Gasteiger partial charge is 0.503 e. The van der Waals surface area contributed by atoms with Crippen molar-refractivity contribution in [3.63, 3.8) is 0 Å². The average Bonchev–Trinajstić information content (AvgIpc) is 2.70. The van der Waals surface area contributed by atoms with Crippen LogP contribution in [0, 0.1) is 5.82 Å². The molecule has 0 fully saturated rings. The van der Waals surface area contributed by atoms with Crippen molar-refractivity contribution in [1.29, 1.82) is 0 Å². The average molecular weight is 382 g/mol. The highest BCUT2D eigenvalue weighted by Gasteiger charge is 2.16. The number of carbonyl (C=O) groups is 2. The summed E-state index contributed by atoms with van der Waals surface area (Å²) in [5.74, 6) is -1.68. The van der Waals surface area contributed by atoms with E-state index in [1.165, 1.54) is 30.3 Å². The molecule has 3 N–H and O–H groups in total. The summed E-state index contributed by atoms with van der Waals surface area (Å²) in [5, 5.41) is 13.2. The van der Waals surface area contributed by atoms with Gasteiger partial charge in [-0.1, -0.05) is 6.92 Å². The molecule has 1 amide bonds. The highest BCUT2D eigenvalue weighted by molar-refractivity contribution is 5.99. The minimum atomic E-state index is -0.629. The lowest BCUT2D eigenvalue weighted by molar-refractivity contribution is 0.0952. The van der Waals surface area contributed by atoms with Gasteiger partial charge < -0.3 is 15.4 Å². The third kappa shape index (κ3) is 3.93. The molecule has 3 rings (SSSR count). The van der Waals surface area contributed by atoms with Crippen LogP contribution in [-0.2, 0) is 6.42 Å². The van der Waals surface area contributed by atoms with Crippen molar-refractivity contribution >= 4 is 22.6 Å². The zero-order valence-electron chi connectivity index (χ0n) is 15.2. The van der Waals surface area contributed by atoms with E-state index in [1.807, 2.05) is 6.92 Å². The molecule has 1 aromatic heterocycles. The maximum absolute atomic E-state index is 13.0. The summed E-state index contributed by atoms with van der Waals surface area (Å²) in [6.07, 6.45) is 0.522. The SMILES string of the molecule is CCCNC(=O)c1ccc2c(=O)c(O)c(CC(=O)c3ccc(F)cc3)[nH]c2c1. The van der Waals surface area contributed by atoms with Crippen molar-refractivity contribution in [2.75, 3.05) is 6.54 Å². The Balaban J connectivity index is 1.96. The van der Waals surface area contributed by atoms with Gasteiger partial charge in [-0.3, -0.25) is 14.4 Å². The summed E-state index contributed by atoms with van der Waals surface area (Å²) in [6.45, 7) is 2.46. The van der Waals surface area contributed by atoms with Gasteiger partial charge in [-0.25, -0.2) is 4.39 Å². The number of H-pyrrole nitrogens is 1.